The van der Waals surface area contributed by atoms with Crippen molar-refractivity contribution in [1.82, 2.24) is 4.90 Å². The summed E-state index contributed by atoms with van der Waals surface area (Å²) in [5, 5.41) is 9.03. The molecule has 1 heterocycles. The van der Waals surface area contributed by atoms with Gasteiger partial charge in [-0.1, -0.05) is 20.8 Å². The fourth-order valence-corrected chi connectivity index (χ4v) is 2.32. The highest BCUT2D eigenvalue weighted by molar-refractivity contribution is 5.87. The molecule has 0 aromatic rings. The lowest BCUT2D eigenvalue weighted by Crippen LogP contribution is -2.54. The fraction of sp³-hybridized carbons (Fsp3) is 0.833. The number of carboxylic acids is 1. The minimum Gasteiger partial charge on any atom is -0.481 e. The topological polar surface area (TPSA) is 83.6 Å². The molecule has 1 saturated heterocycles. The van der Waals surface area contributed by atoms with E-state index in [0.717, 1.165) is 0 Å². The SMILES string of the molecule is CCC(N)(CC)C(=O)N1CC(C)C(C(=O)O)C1. The van der Waals surface area contributed by atoms with Crippen molar-refractivity contribution in [1.29, 1.82) is 0 Å². The van der Waals surface area contributed by atoms with E-state index in [0.29, 0.717) is 19.4 Å². The number of hydrogen-bond donors (Lipinski definition) is 2. The van der Waals surface area contributed by atoms with Crippen molar-refractivity contribution >= 4 is 11.9 Å². The van der Waals surface area contributed by atoms with E-state index in [1.807, 2.05) is 20.8 Å². The summed E-state index contributed by atoms with van der Waals surface area (Å²) in [6, 6.07) is 0. The van der Waals surface area contributed by atoms with Gasteiger partial charge in [0.25, 0.3) is 0 Å². The second-order valence-electron chi connectivity index (χ2n) is 5.00. The first-order valence-electron chi connectivity index (χ1n) is 6.16. The number of hydrogen-bond acceptors (Lipinski definition) is 3. The maximum Gasteiger partial charge on any atom is 0.308 e. The van der Waals surface area contributed by atoms with Crippen LogP contribution < -0.4 is 5.73 Å². The first kappa shape index (κ1) is 14.0. The Kier molecular flexibility index (Phi) is 4.14. The van der Waals surface area contributed by atoms with Gasteiger partial charge >= 0.3 is 5.97 Å². The van der Waals surface area contributed by atoms with Crippen LogP contribution in [0.15, 0.2) is 0 Å². The molecule has 0 aliphatic carbocycles. The first-order chi connectivity index (χ1) is 7.85. The van der Waals surface area contributed by atoms with Crippen LogP contribution in [0.5, 0.6) is 0 Å². The lowest BCUT2D eigenvalue weighted by Gasteiger charge is -2.30. The summed E-state index contributed by atoms with van der Waals surface area (Å²) in [4.78, 5) is 24.9. The van der Waals surface area contributed by atoms with Gasteiger partial charge in [-0.3, -0.25) is 9.59 Å². The second kappa shape index (κ2) is 5.04. The van der Waals surface area contributed by atoms with Crippen molar-refractivity contribution in [2.75, 3.05) is 13.1 Å². The molecule has 2 unspecified atom stereocenters. The standard InChI is InChI=1S/C12H22N2O3/c1-4-12(13,5-2)11(17)14-6-8(3)9(7-14)10(15)16/h8-9H,4-7,13H2,1-3H3,(H,15,16). The number of amides is 1. The molecule has 0 bridgehead atoms. The Morgan fingerprint density at radius 3 is 2.24 bits per heavy atom. The number of rotatable bonds is 4. The Morgan fingerprint density at radius 1 is 1.35 bits per heavy atom. The summed E-state index contributed by atoms with van der Waals surface area (Å²) in [7, 11) is 0. The van der Waals surface area contributed by atoms with Crippen molar-refractivity contribution in [3.8, 4) is 0 Å². The van der Waals surface area contributed by atoms with Gasteiger partial charge in [-0.05, 0) is 18.8 Å². The van der Waals surface area contributed by atoms with Crippen LogP contribution >= 0.6 is 0 Å². The fourth-order valence-electron chi connectivity index (χ4n) is 2.32. The molecule has 0 saturated carbocycles. The molecule has 0 aromatic heterocycles. The van der Waals surface area contributed by atoms with Crippen LogP contribution in [0.4, 0.5) is 0 Å². The zero-order valence-electron chi connectivity index (χ0n) is 10.8. The first-order valence-corrected chi connectivity index (χ1v) is 6.16. The molecule has 2 atom stereocenters. The molecule has 3 N–H and O–H groups in total. The Balaban J connectivity index is 2.77. The third-order valence-electron chi connectivity index (χ3n) is 3.90. The Bertz CT molecular complexity index is 313. The van der Waals surface area contributed by atoms with Crippen LogP contribution in [0.3, 0.4) is 0 Å². The quantitative estimate of drug-likeness (QED) is 0.759. The predicted octanol–water partition coefficient (Wildman–Crippen LogP) is 0.683. The van der Waals surface area contributed by atoms with Gasteiger partial charge in [-0.25, -0.2) is 0 Å². The van der Waals surface area contributed by atoms with E-state index in [9.17, 15) is 9.59 Å². The van der Waals surface area contributed by atoms with E-state index < -0.39 is 17.4 Å². The molecule has 17 heavy (non-hydrogen) atoms. The third kappa shape index (κ3) is 2.60. The van der Waals surface area contributed by atoms with Crippen LogP contribution in [0.1, 0.15) is 33.6 Å². The van der Waals surface area contributed by atoms with E-state index in [1.165, 1.54) is 0 Å². The molecule has 0 spiro atoms. The maximum atomic E-state index is 12.3. The van der Waals surface area contributed by atoms with Gasteiger partial charge in [0.1, 0.15) is 0 Å². The molecule has 1 rings (SSSR count). The number of nitrogens with zero attached hydrogens (tertiary/aromatic N) is 1. The Labute approximate surface area is 102 Å². The summed E-state index contributed by atoms with van der Waals surface area (Å²) in [6.07, 6.45) is 1.15. The minimum absolute atomic E-state index is 0.00517. The molecule has 1 aliphatic heterocycles. The largest absolute Gasteiger partial charge is 0.481 e. The summed E-state index contributed by atoms with van der Waals surface area (Å²) < 4.78 is 0. The van der Waals surface area contributed by atoms with Gasteiger partial charge in [0, 0.05) is 13.1 Å². The van der Waals surface area contributed by atoms with Crippen LogP contribution in [-0.4, -0.2) is 40.5 Å². The van der Waals surface area contributed by atoms with E-state index in [4.69, 9.17) is 10.8 Å². The van der Waals surface area contributed by atoms with Gasteiger partial charge in [-0.15, -0.1) is 0 Å². The Hall–Kier alpha value is -1.10. The molecule has 1 aliphatic rings. The summed E-state index contributed by atoms with van der Waals surface area (Å²) in [5.41, 5.74) is 5.21. The number of nitrogens with two attached hydrogens (primary N) is 1. The van der Waals surface area contributed by atoms with E-state index in [-0.39, 0.29) is 18.4 Å². The zero-order chi connectivity index (χ0) is 13.2. The minimum atomic E-state index is -0.840. The van der Waals surface area contributed by atoms with Crippen LogP contribution in [0, 0.1) is 11.8 Å². The number of likely N-dealkylation sites (tertiary alicyclic amines) is 1. The smallest absolute Gasteiger partial charge is 0.308 e. The highest BCUT2D eigenvalue weighted by Gasteiger charge is 2.42. The van der Waals surface area contributed by atoms with E-state index >= 15 is 0 Å². The summed E-state index contributed by atoms with van der Waals surface area (Å²) >= 11 is 0. The van der Waals surface area contributed by atoms with Crippen molar-refractivity contribution < 1.29 is 14.7 Å². The van der Waals surface area contributed by atoms with Crippen LogP contribution in [0.2, 0.25) is 0 Å². The average Bonchev–Trinajstić information content (AvgIpc) is 2.69. The highest BCUT2D eigenvalue weighted by Crippen LogP contribution is 2.26. The van der Waals surface area contributed by atoms with Gasteiger partial charge in [0.2, 0.25) is 5.91 Å². The third-order valence-corrected chi connectivity index (χ3v) is 3.90. The second-order valence-corrected chi connectivity index (χ2v) is 5.00. The lowest BCUT2D eigenvalue weighted by atomic mass is 9.92. The predicted molar refractivity (Wildman–Crippen MR) is 64.4 cm³/mol. The maximum absolute atomic E-state index is 12.3. The van der Waals surface area contributed by atoms with Crippen molar-refractivity contribution in [2.24, 2.45) is 17.6 Å². The Morgan fingerprint density at radius 2 is 1.88 bits per heavy atom. The normalized spacial score (nSPS) is 25.1. The molecule has 1 fully saturated rings. The zero-order valence-corrected chi connectivity index (χ0v) is 10.8. The lowest BCUT2D eigenvalue weighted by molar-refractivity contribution is -0.142. The molecule has 1 amide bonds. The molecule has 0 radical (unpaired) electrons. The molecule has 98 valence electrons. The van der Waals surface area contributed by atoms with Gasteiger partial charge < -0.3 is 15.7 Å². The van der Waals surface area contributed by atoms with Crippen molar-refractivity contribution in [3.05, 3.63) is 0 Å². The number of carboxylic acid groups (broad SMARTS) is 1. The monoisotopic (exact) mass is 242 g/mol. The summed E-state index contributed by atoms with van der Waals surface area (Å²) in [5.74, 6) is -1.41. The molecular formula is C12H22N2O3. The molecule has 0 aromatic carbocycles. The number of carbonyl (C=O) groups excluding carboxylic acids is 1. The van der Waals surface area contributed by atoms with Crippen molar-refractivity contribution in [3.63, 3.8) is 0 Å². The van der Waals surface area contributed by atoms with Gasteiger partial charge in [0.05, 0.1) is 11.5 Å². The van der Waals surface area contributed by atoms with E-state index in [2.05, 4.69) is 0 Å². The molecule has 5 nitrogen and oxygen atoms in total. The average molecular weight is 242 g/mol. The van der Waals surface area contributed by atoms with Crippen molar-refractivity contribution in [2.45, 2.75) is 39.2 Å². The van der Waals surface area contributed by atoms with Crippen LogP contribution in [-0.2, 0) is 9.59 Å². The van der Waals surface area contributed by atoms with Gasteiger partial charge in [-0.2, -0.15) is 0 Å². The summed E-state index contributed by atoms with van der Waals surface area (Å²) in [6.45, 7) is 6.41. The van der Waals surface area contributed by atoms with Crippen LogP contribution in [0.25, 0.3) is 0 Å². The highest BCUT2D eigenvalue weighted by atomic mass is 16.4. The number of carbonyl (C=O) groups is 2. The molecule has 5 heteroatoms. The van der Waals surface area contributed by atoms with E-state index in [1.54, 1.807) is 4.90 Å². The van der Waals surface area contributed by atoms with Gasteiger partial charge in [0.15, 0.2) is 0 Å². The molecular weight excluding hydrogens is 220 g/mol. The number of aliphatic carboxylic acids is 1.